The van der Waals surface area contributed by atoms with Gasteiger partial charge in [-0.15, -0.1) is 0 Å². The largest absolute Gasteiger partial charge is 0.399 e. The molecule has 1 aromatic rings. The van der Waals surface area contributed by atoms with Gasteiger partial charge >= 0.3 is 0 Å². The van der Waals surface area contributed by atoms with Crippen LogP contribution in [0.5, 0.6) is 0 Å². The minimum atomic E-state index is -0.553. The molecule has 1 atom stereocenters. The van der Waals surface area contributed by atoms with Gasteiger partial charge in [0.2, 0.25) is 5.91 Å². The van der Waals surface area contributed by atoms with E-state index in [1.807, 2.05) is 0 Å². The number of anilines is 2. The summed E-state index contributed by atoms with van der Waals surface area (Å²) in [5.74, 6) is -0.203. The van der Waals surface area contributed by atoms with Crippen LogP contribution in [0.4, 0.5) is 17.1 Å². The van der Waals surface area contributed by atoms with Crippen LogP contribution < -0.4 is 16.4 Å². The molecule has 1 fully saturated rings. The number of nitrogens with two attached hydrogens (primary N) is 2. The topological polar surface area (TPSA) is 115 Å². The Balaban J connectivity index is 2.45. The first kappa shape index (κ1) is 11.3. The van der Waals surface area contributed by atoms with Crippen molar-refractivity contribution in [3.8, 4) is 0 Å². The molecule has 1 unspecified atom stereocenters. The smallest absolute Gasteiger partial charge is 0.295 e. The van der Waals surface area contributed by atoms with E-state index in [0.717, 1.165) is 0 Å². The van der Waals surface area contributed by atoms with E-state index < -0.39 is 4.92 Å². The highest BCUT2D eigenvalue weighted by atomic mass is 16.6. The molecule has 0 bridgehead atoms. The van der Waals surface area contributed by atoms with Gasteiger partial charge in [0, 0.05) is 30.8 Å². The minimum Gasteiger partial charge on any atom is -0.399 e. The Labute approximate surface area is 97.1 Å². The van der Waals surface area contributed by atoms with Gasteiger partial charge in [-0.1, -0.05) is 0 Å². The van der Waals surface area contributed by atoms with Crippen LogP contribution in [0.25, 0.3) is 0 Å². The van der Waals surface area contributed by atoms with Gasteiger partial charge in [0.05, 0.1) is 4.92 Å². The van der Waals surface area contributed by atoms with Gasteiger partial charge in [0.1, 0.15) is 5.69 Å². The molecule has 2 rings (SSSR count). The summed E-state index contributed by atoms with van der Waals surface area (Å²) in [5, 5.41) is 10.9. The van der Waals surface area contributed by atoms with Gasteiger partial charge in [-0.2, -0.15) is 0 Å². The molecule has 7 nitrogen and oxygen atoms in total. The minimum absolute atomic E-state index is 0.174. The maximum absolute atomic E-state index is 11.6. The average Bonchev–Trinajstić information content (AvgIpc) is 2.57. The fraction of sp³-hybridized carbons (Fsp3) is 0.300. The number of nitro benzene ring substituents is 1. The number of nitrogen functional groups attached to an aromatic ring is 1. The SMILES string of the molecule is Nc1ccc(N2CC(N)CC2=O)c([N+](=O)[O-])c1. The number of rotatable bonds is 2. The first-order chi connectivity index (χ1) is 7.99. The van der Waals surface area contributed by atoms with Crippen molar-refractivity contribution >= 4 is 23.0 Å². The molecule has 0 aliphatic carbocycles. The van der Waals surface area contributed by atoms with Gasteiger partial charge in [0.25, 0.3) is 5.69 Å². The monoisotopic (exact) mass is 236 g/mol. The van der Waals surface area contributed by atoms with Gasteiger partial charge in [0.15, 0.2) is 0 Å². The first-order valence-corrected chi connectivity index (χ1v) is 5.09. The second-order valence-electron chi connectivity index (χ2n) is 3.97. The van der Waals surface area contributed by atoms with E-state index in [0.29, 0.717) is 6.54 Å². The maximum atomic E-state index is 11.6. The summed E-state index contributed by atoms with van der Waals surface area (Å²) in [6, 6.07) is 3.97. The van der Waals surface area contributed by atoms with Crippen LogP contribution in [0.15, 0.2) is 18.2 Å². The van der Waals surface area contributed by atoms with Gasteiger partial charge in [-0.25, -0.2) is 0 Å². The van der Waals surface area contributed by atoms with Gasteiger partial charge in [-0.05, 0) is 12.1 Å². The number of carbonyl (C=O) groups excluding carboxylic acids is 1. The predicted octanol–water partition coefficient (Wildman–Crippen LogP) is 0.241. The quantitative estimate of drug-likeness (QED) is 0.433. The van der Waals surface area contributed by atoms with E-state index in [1.165, 1.54) is 23.1 Å². The van der Waals surface area contributed by atoms with Crippen LogP contribution in [0.2, 0.25) is 0 Å². The van der Waals surface area contributed by atoms with E-state index >= 15 is 0 Å². The fourth-order valence-electron chi connectivity index (χ4n) is 1.88. The third kappa shape index (κ3) is 2.04. The second kappa shape index (κ2) is 4.02. The normalized spacial score (nSPS) is 19.7. The highest BCUT2D eigenvalue weighted by Gasteiger charge is 2.32. The lowest BCUT2D eigenvalue weighted by Gasteiger charge is -2.16. The third-order valence-electron chi connectivity index (χ3n) is 2.64. The van der Waals surface area contributed by atoms with Crippen molar-refractivity contribution in [3.05, 3.63) is 28.3 Å². The number of nitro groups is 1. The number of carbonyl (C=O) groups is 1. The van der Waals surface area contributed by atoms with E-state index in [4.69, 9.17) is 11.5 Å². The zero-order valence-corrected chi connectivity index (χ0v) is 9.00. The highest BCUT2D eigenvalue weighted by molar-refractivity contribution is 5.98. The van der Waals surface area contributed by atoms with E-state index in [-0.39, 0.29) is 35.4 Å². The Morgan fingerprint density at radius 3 is 2.71 bits per heavy atom. The Bertz CT molecular complexity index is 488. The highest BCUT2D eigenvalue weighted by Crippen LogP contribution is 2.32. The lowest BCUT2D eigenvalue weighted by Crippen LogP contribution is -2.28. The summed E-state index contributed by atoms with van der Waals surface area (Å²) in [6.45, 7) is 0.295. The van der Waals surface area contributed by atoms with Crippen molar-refractivity contribution < 1.29 is 9.72 Å². The molecule has 7 heteroatoms. The zero-order chi connectivity index (χ0) is 12.6. The number of benzene rings is 1. The Morgan fingerprint density at radius 2 is 2.18 bits per heavy atom. The molecule has 1 aliphatic heterocycles. The molecule has 1 heterocycles. The number of hydrogen-bond donors (Lipinski definition) is 2. The van der Waals surface area contributed by atoms with Crippen molar-refractivity contribution in [1.82, 2.24) is 0 Å². The Hall–Kier alpha value is -2.15. The summed E-state index contributed by atoms with van der Waals surface area (Å²) in [4.78, 5) is 23.3. The van der Waals surface area contributed by atoms with Crippen LogP contribution in [-0.2, 0) is 4.79 Å². The van der Waals surface area contributed by atoms with E-state index in [2.05, 4.69) is 0 Å². The number of hydrogen-bond acceptors (Lipinski definition) is 5. The molecule has 1 saturated heterocycles. The van der Waals surface area contributed by atoms with Crippen molar-refractivity contribution in [2.24, 2.45) is 5.73 Å². The molecule has 0 spiro atoms. The average molecular weight is 236 g/mol. The maximum Gasteiger partial charge on any atom is 0.295 e. The van der Waals surface area contributed by atoms with Crippen LogP contribution in [-0.4, -0.2) is 23.4 Å². The first-order valence-electron chi connectivity index (χ1n) is 5.09. The standard InChI is InChI=1S/C10H12N4O3/c11-6-1-2-8(9(3-6)14(16)17)13-5-7(12)4-10(13)15/h1-3,7H,4-5,11-12H2. The van der Waals surface area contributed by atoms with Crippen molar-refractivity contribution in [2.45, 2.75) is 12.5 Å². The van der Waals surface area contributed by atoms with Crippen LogP contribution in [0.3, 0.4) is 0 Å². The summed E-state index contributed by atoms with van der Waals surface area (Å²) in [6.07, 6.45) is 0.210. The predicted molar refractivity (Wildman–Crippen MR) is 62.5 cm³/mol. The van der Waals surface area contributed by atoms with Crippen molar-refractivity contribution in [1.29, 1.82) is 0 Å². The summed E-state index contributed by atoms with van der Waals surface area (Å²) >= 11 is 0. The molecular formula is C10H12N4O3. The Morgan fingerprint density at radius 1 is 1.47 bits per heavy atom. The van der Waals surface area contributed by atoms with Crippen molar-refractivity contribution in [2.75, 3.05) is 17.2 Å². The number of nitrogens with zero attached hydrogens (tertiary/aromatic N) is 2. The molecule has 90 valence electrons. The Kier molecular flexibility index (Phi) is 2.68. The third-order valence-corrected chi connectivity index (χ3v) is 2.64. The van der Waals surface area contributed by atoms with E-state index in [9.17, 15) is 14.9 Å². The van der Waals surface area contributed by atoms with Crippen LogP contribution in [0, 0.1) is 10.1 Å². The molecule has 1 amide bonds. The lowest BCUT2D eigenvalue weighted by molar-refractivity contribution is -0.384. The summed E-state index contributed by atoms with van der Waals surface area (Å²) in [5.41, 5.74) is 11.5. The molecule has 17 heavy (non-hydrogen) atoms. The molecular weight excluding hydrogens is 224 g/mol. The lowest BCUT2D eigenvalue weighted by atomic mass is 10.2. The van der Waals surface area contributed by atoms with Crippen LogP contribution in [0.1, 0.15) is 6.42 Å². The second-order valence-corrected chi connectivity index (χ2v) is 3.97. The summed E-state index contributed by atoms with van der Waals surface area (Å²) in [7, 11) is 0. The van der Waals surface area contributed by atoms with Gasteiger partial charge < -0.3 is 16.4 Å². The summed E-state index contributed by atoms with van der Waals surface area (Å²) < 4.78 is 0. The fourth-order valence-corrected chi connectivity index (χ4v) is 1.88. The molecule has 0 aromatic heterocycles. The number of amides is 1. The zero-order valence-electron chi connectivity index (χ0n) is 9.00. The van der Waals surface area contributed by atoms with Crippen molar-refractivity contribution in [3.63, 3.8) is 0 Å². The molecule has 1 aromatic carbocycles. The van der Waals surface area contributed by atoms with Gasteiger partial charge in [-0.3, -0.25) is 14.9 Å². The molecule has 4 N–H and O–H groups in total. The van der Waals surface area contributed by atoms with Crippen LogP contribution >= 0.6 is 0 Å². The molecule has 0 radical (unpaired) electrons. The molecule has 0 saturated carbocycles. The molecule has 1 aliphatic rings. The van der Waals surface area contributed by atoms with E-state index in [1.54, 1.807) is 0 Å².